The van der Waals surface area contributed by atoms with Crippen LogP contribution in [0.25, 0.3) is 5.65 Å². The second kappa shape index (κ2) is 7.35. The van der Waals surface area contributed by atoms with Crippen molar-refractivity contribution in [2.45, 2.75) is 24.0 Å². The third-order valence-electron chi connectivity index (χ3n) is 5.13. The number of fused-ring (bicyclic) bond motifs is 2. The van der Waals surface area contributed by atoms with E-state index in [9.17, 15) is 4.79 Å². The number of amides is 1. The molecule has 2 aromatic heterocycles. The molecular formula is C20H20N4O3S. The van der Waals surface area contributed by atoms with E-state index in [1.165, 1.54) is 11.8 Å². The molecule has 1 unspecified atom stereocenters. The third kappa shape index (κ3) is 3.17. The minimum Gasteiger partial charge on any atom is -0.486 e. The molecule has 7 nitrogen and oxygen atoms in total. The monoisotopic (exact) mass is 396 g/mol. The van der Waals surface area contributed by atoms with Gasteiger partial charge in [0.05, 0.1) is 11.8 Å². The van der Waals surface area contributed by atoms with Crippen LogP contribution in [0.5, 0.6) is 11.5 Å². The molecule has 8 heteroatoms. The number of nitrogens with zero attached hydrogens (tertiary/aromatic N) is 4. The molecule has 0 spiro atoms. The Balaban J connectivity index is 1.30. The fourth-order valence-corrected chi connectivity index (χ4v) is 4.62. The number of hydrogen-bond donors (Lipinski definition) is 0. The molecule has 1 aromatic carbocycles. The normalized spacial score (nSPS) is 18.6. The maximum Gasteiger partial charge on any atom is 0.233 e. The quantitative estimate of drug-likeness (QED) is 0.632. The van der Waals surface area contributed by atoms with Crippen LogP contribution in [0.4, 0.5) is 0 Å². The summed E-state index contributed by atoms with van der Waals surface area (Å²) in [7, 11) is 0. The molecule has 0 radical (unpaired) electrons. The minimum atomic E-state index is 0.0825. The molecule has 4 heterocycles. The van der Waals surface area contributed by atoms with Crippen LogP contribution in [0.15, 0.2) is 47.8 Å². The van der Waals surface area contributed by atoms with Gasteiger partial charge in [-0.2, -0.15) is 0 Å². The Labute approximate surface area is 166 Å². The highest BCUT2D eigenvalue weighted by Crippen LogP contribution is 2.38. The van der Waals surface area contributed by atoms with Crippen molar-refractivity contribution < 1.29 is 14.3 Å². The number of thioether (sulfide) groups is 1. The molecule has 0 saturated carbocycles. The molecular weight excluding hydrogens is 376 g/mol. The SMILES string of the molecule is O=C(CSc1nnc2ccccn12)N1CCCC1c1ccc2c(c1)OCCO2. The Morgan fingerprint density at radius 2 is 2.04 bits per heavy atom. The summed E-state index contributed by atoms with van der Waals surface area (Å²) in [5.41, 5.74) is 1.89. The number of pyridine rings is 1. The van der Waals surface area contributed by atoms with Crippen LogP contribution in [-0.4, -0.2) is 50.9 Å². The van der Waals surface area contributed by atoms with E-state index in [-0.39, 0.29) is 11.9 Å². The summed E-state index contributed by atoms with van der Waals surface area (Å²) < 4.78 is 13.2. The number of rotatable bonds is 4. The molecule has 1 fully saturated rings. The van der Waals surface area contributed by atoms with Gasteiger partial charge in [0.2, 0.25) is 5.91 Å². The molecule has 1 amide bonds. The first-order chi connectivity index (χ1) is 13.8. The highest BCUT2D eigenvalue weighted by atomic mass is 32.2. The summed E-state index contributed by atoms with van der Waals surface area (Å²) >= 11 is 1.43. The maximum absolute atomic E-state index is 12.9. The zero-order valence-corrected chi connectivity index (χ0v) is 16.1. The number of ether oxygens (including phenoxy) is 2. The Hall–Kier alpha value is -2.74. The summed E-state index contributed by atoms with van der Waals surface area (Å²) in [6, 6.07) is 11.8. The van der Waals surface area contributed by atoms with Crippen LogP contribution < -0.4 is 9.47 Å². The number of benzene rings is 1. The topological polar surface area (TPSA) is 69.0 Å². The molecule has 1 saturated heterocycles. The number of likely N-dealkylation sites (tertiary alicyclic amines) is 1. The predicted molar refractivity (Wildman–Crippen MR) is 105 cm³/mol. The minimum absolute atomic E-state index is 0.0825. The number of carbonyl (C=O) groups is 1. The van der Waals surface area contributed by atoms with Gasteiger partial charge in [-0.1, -0.05) is 23.9 Å². The largest absolute Gasteiger partial charge is 0.486 e. The number of aromatic nitrogens is 3. The van der Waals surface area contributed by atoms with Crippen molar-refractivity contribution in [2.75, 3.05) is 25.5 Å². The fraction of sp³-hybridized carbons (Fsp3) is 0.350. The Morgan fingerprint density at radius 1 is 1.14 bits per heavy atom. The summed E-state index contributed by atoms with van der Waals surface area (Å²) in [6.07, 6.45) is 3.88. The van der Waals surface area contributed by atoms with Gasteiger partial charge in [0.15, 0.2) is 22.3 Å². The second-order valence-electron chi connectivity index (χ2n) is 6.85. The smallest absolute Gasteiger partial charge is 0.233 e. The van der Waals surface area contributed by atoms with Gasteiger partial charge in [0.1, 0.15) is 13.2 Å². The van der Waals surface area contributed by atoms with Crippen LogP contribution in [0.1, 0.15) is 24.4 Å². The molecule has 144 valence electrons. The van der Waals surface area contributed by atoms with E-state index in [0.717, 1.165) is 47.3 Å². The van der Waals surface area contributed by atoms with Crippen molar-refractivity contribution in [3.8, 4) is 11.5 Å². The lowest BCUT2D eigenvalue weighted by Crippen LogP contribution is -2.32. The second-order valence-corrected chi connectivity index (χ2v) is 7.79. The van der Waals surface area contributed by atoms with E-state index < -0.39 is 0 Å². The molecule has 0 N–H and O–H groups in total. The molecule has 0 bridgehead atoms. The van der Waals surface area contributed by atoms with Gasteiger partial charge in [-0.3, -0.25) is 9.20 Å². The Bertz CT molecular complexity index is 1020. The van der Waals surface area contributed by atoms with E-state index in [2.05, 4.69) is 10.2 Å². The van der Waals surface area contributed by atoms with E-state index >= 15 is 0 Å². The van der Waals surface area contributed by atoms with Crippen molar-refractivity contribution in [2.24, 2.45) is 0 Å². The highest BCUT2D eigenvalue weighted by Gasteiger charge is 2.31. The first-order valence-corrected chi connectivity index (χ1v) is 10.4. The van der Waals surface area contributed by atoms with Gasteiger partial charge in [-0.25, -0.2) is 0 Å². The molecule has 2 aliphatic rings. The van der Waals surface area contributed by atoms with Crippen molar-refractivity contribution in [3.05, 3.63) is 48.2 Å². The predicted octanol–water partition coefficient (Wildman–Crippen LogP) is 2.96. The Kier molecular flexibility index (Phi) is 4.56. The lowest BCUT2D eigenvalue weighted by molar-refractivity contribution is -0.129. The van der Waals surface area contributed by atoms with Crippen LogP contribution in [0, 0.1) is 0 Å². The van der Waals surface area contributed by atoms with Gasteiger partial charge < -0.3 is 14.4 Å². The van der Waals surface area contributed by atoms with E-state index in [1.54, 1.807) is 0 Å². The molecule has 28 heavy (non-hydrogen) atoms. The van der Waals surface area contributed by atoms with Crippen LogP contribution in [0.2, 0.25) is 0 Å². The van der Waals surface area contributed by atoms with E-state index in [4.69, 9.17) is 9.47 Å². The molecule has 0 aliphatic carbocycles. The highest BCUT2D eigenvalue weighted by molar-refractivity contribution is 7.99. The molecule has 1 atom stereocenters. The van der Waals surface area contributed by atoms with E-state index in [0.29, 0.717) is 19.0 Å². The van der Waals surface area contributed by atoms with Crippen LogP contribution in [0.3, 0.4) is 0 Å². The van der Waals surface area contributed by atoms with E-state index in [1.807, 2.05) is 51.9 Å². The van der Waals surface area contributed by atoms with Crippen molar-refractivity contribution in [1.82, 2.24) is 19.5 Å². The molecule has 2 aliphatic heterocycles. The zero-order chi connectivity index (χ0) is 18.9. The van der Waals surface area contributed by atoms with Crippen molar-refractivity contribution in [1.29, 1.82) is 0 Å². The maximum atomic E-state index is 12.9. The van der Waals surface area contributed by atoms with Crippen molar-refractivity contribution in [3.63, 3.8) is 0 Å². The van der Waals surface area contributed by atoms with Gasteiger partial charge in [-0.15, -0.1) is 10.2 Å². The van der Waals surface area contributed by atoms with Crippen molar-refractivity contribution >= 4 is 23.3 Å². The number of carbonyl (C=O) groups excluding carboxylic acids is 1. The standard InChI is InChI=1S/C20H20N4O3S/c25-19(13-28-20-22-21-18-5-1-2-8-24(18)20)23-9-3-4-15(23)14-6-7-16-17(12-14)27-11-10-26-16/h1-2,5-8,12,15H,3-4,9-11,13H2. The van der Waals surface area contributed by atoms with Crippen LogP contribution in [-0.2, 0) is 4.79 Å². The average molecular weight is 396 g/mol. The van der Waals surface area contributed by atoms with Gasteiger partial charge in [-0.05, 0) is 42.7 Å². The third-order valence-corrected chi connectivity index (χ3v) is 6.06. The van der Waals surface area contributed by atoms with Gasteiger partial charge in [0.25, 0.3) is 0 Å². The summed E-state index contributed by atoms with van der Waals surface area (Å²) in [5.74, 6) is 2.01. The summed E-state index contributed by atoms with van der Waals surface area (Å²) in [5, 5.41) is 9.07. The van der Waals surface area contributed by atoms with Crippen LogP contribution >= 0.6 is 11.8 Å². The first-order valence-electron chi connectivity index (χ1n) is 9.41. The fourth-order valence-electron chi connectivity index (χ4n) is 3.81. The lowest BCUT2D eigenvalue weighted by atomic mass is 10.0. The zero-order valence-electron chi connectivity index (χ0n) is 15.3. The van der Waals surface area contributed by atoms with Gasteiger partial charge in [0, 0.05) is 12.7 Å². The lowest BCUT2D eigenvalue weighted by Gasteiger charge is -2.26. The summed E-state index contributed by atoms with van der Waals surface area (Å²) in [6.45, 7) is 1.92. The number of hydrogen-bond acceptors (Lipinski definition) is 6. The van der Waals surface area contributed by atoms with Gasteiger partial charge >= 0.3 is 0 Å². The molecule has 5 rings (SSSR count). The first kappa shape index (κ1) is 17.4. The summed E-state index contributed by atoms with van der Waals surface area (Å²) in [4.78, 5) is 14.9. The molecule has 3 aromatic rings. The average Bonchev–Trinajstić information content (AvgIpc) is 3.39. The Morgan fingerprint density at radius 3 is 2.96 bits per heavy atom.